The molecule has 2 aromatic carbocycles. The van der Waals surface area contributed by atoms with E-state index in [0.29, 0.717) is 12.8 Å². The van der Waals surface area contributed by atoms with E-state index in [2.05, 4.69) is 28.4 Å². The van der Waals surface area contributed by atoms with E-state index in [1.54, 1.807) is 7.11 Å². The molecular weight excluding hydrogens is 484 g/mol. The minimum Gasteiger partial charge on any atom is -0.497 e. The summed E-state index contributed by atoms with van der Waals surface area (Å²) in [4.78, 5) is 28.9. The largest absolute Gasteiger partial charge is 0.497 e. The smallest absolute Gasteiger partial charge is 0.220 e. The predicted molar refractivity (Wildman–Crippen MR) is 149 cm³/mol. The zero-order valence-electron chi connectivity index (χ0n) is 22.0. The molecule has 1 N–H and O–H groups in total. The minimum absolute atomic E-state index is 0.111. The molecule has 0 aliphatic carbocycles. The Morgan fingerprint density at radius 1 is 1.03 bits per heavy atom. The van der Waals surface area contributed by atoms with Crippen molar-refractivity contribution in [1.29, 1.82) is 0 Å². The third kappa shape index (κ3) is 8.78. The topological polar surface area (TPSA) is 67.9 Å². The lowest BCUT2D eigenvalue weighted by Crippen LogP contribution is -2.44. The minimum atomic E-state index is 0.111. The quantitative estimate of drug-likeness (QED) is 0.259. The van der Waals surface area contributed by atoms with Crippen LogP contribution in [0.4, 0.5) is 0 Å². The Hall–Kier alpha value is -2.51. The third-order valence-corrected chi connectivity index (χ3v) is 8.10. The van der Waals surface area contributed by atoms with Crippen LogP contribution in [-0.2, 0) is 11.2 Å². The number of fused-ring (bicyclic) bond motifs is 1. The normalized spacial score (nSPS) is 16.0. The van der Waals surface area contributed by atoms with Gasteiger partial charge in [-0.2, -0.15) is 0 Å². The summed E-state index contributed by atoms with van der Waals surface area (Å²) >= 11 is 1.85. The summed E-state index contributed by atoms with van der Waals surface area (Å²) in [6.45, 7) is 3.91. The number of hydrogen-bond donors (Lipinski definition) is 1. The lowest BCUT2D eigenvalue weighted by molar-refractivity contribution is -0.122. The summed E-state index contributed by atoms with van der Waals surface area (Å²) in [5.41, 5.74) is 1.98. The van der Waals surface area contributed by atoms with E-state index in [-0.39, 0.29) is 17.7 Å². The molecule has 1 amide bonds. The Labute approximate surface area is 225 Å². The average Bonchev–Trinajstić information content (AvgIpc) is 3.43. The van der Waals surface area contributed by atoms with Gasteiger partial charge in [-0.3, -0.25) is 9.59 Å². The number of ketones is 1. The molecule has 7 heteroatoms. The Bertz CT molecular complexity index is 1020. The van der Waals surface area contributed by atoms with Crippen molar-refractivity contribution in [2.24, 2.45) is 0 Å². The van der Waals surface area contributed by atoms with Crippen molar-refractivity contribution in [3.05, 3.63) is 53.6 Å². The van der Waals surface area contributed by atoms with Crippen LogP contribution in [0, 0.1) is 0 Å². The number of benzene rings is 2. The summed E-state index contributed by atoms with van der Waals surface area (Å²) in [7, 11) is 1.62. The Balaban J connectivity index is 1.18. The number of thioether (sulfide) groups is 1. The molecule has 0 spiro atoms. The number of amides is 1. The van der Waals surface area contributed by atoms with E-state index in [0.717, 1.165) is 81.2 Å². The summed E-state index contributed by atoms with van der Waals surface area (Å²) < 4.78 is 10.9. The van der Waals surface area contributed by atoms with Crippen LogP contribution >= 0.6 is 11.8 Å². The van der Waals surface area contributed by atoms with Gasteiger partial charge in [0.15, 0.2) is 5.78 Å². The van der Waals surface area contributed by atoms with Crippen LogP contribution < -0.4 is 14.8 Å². The molecule has 37 heavy (non-hydrogen) atoms. The fourth-order valence-electron chi connectivity index (χ4n) is 5.08. The molecule has 2 aromatic rings. The molecule has 2 heterocycles. The Kier molecular flexibility index (Phi) is 10.7. The summed E-state index contributed by atoms with van der Waals surface area (Å²) in [5.74, 6) is 3.02. The van der Waals surface area contributed by atoms with Crippen LogP contribution in [0.15, 0.2) is 47.4 Å². The number of carbonyl (C=O) groups excluding carboxylic acids is 2. The van der Waals surface area contributed by atoms with E-state index in [1.807, 2.05) is 36.0 Å². The van der Waals surface area contributed by atoms with Gasteiger partial charge in [0.1, 0.15) is 11.5 Å². The van der Waals surface area contributed by atoms with Crippen molar-refractivity contribution < 1.29 is 19.1 Å². The Morgan fingerprint density at radius 2 is 1.78 bits per heavy atom. The maximum Gasteiger partial charge on any atom is 0.220 e. The molecule has 1 fully saturated rings. The zero-order valence-corrected chi connectivity index (χ0v) is 22.8. The summed E-state index contributed by atoms with van der Waals surface area (Å²) in [6.07, 6.45) is 8.03. The molecule has 1 unspecified atom stereocenters. The number of nitrogens with zero attached hydrogens (tertiary/aromatic N) is 1. The number of unbranched alkanes of at least 4 members (excludes halogenated alkanes) is 3. The molecule has 1 atom stereocenters. The molecule has 0 radical (unpaired) electrons. The summed E-state index contributed by atoms with van der Waals surface area (Å²) in [5, 5.41) is 3.33. The standard InChI is InChI=1S/C30H40N2O4S/c1-35-26-13-11-24(12-14-26)27(33)8-4-2-3-5-9-30(34)31-25(22-32-16-6-7-17-32)20-23-10-15-28-29(21-23)37-19-18-36-28/h10-15,21,25H,2-9,16-20,22H2,1H3,(H,31,34). The van der Waals surface area contributed by atoms with Crippen LogP contribution in [0.3, 0.4) is 0 Å². The highest BCUT2D eigenvalue weighted by molar-refractivity contribution is 7.99. The van der Waals surface area contributed by atoms with E-state index >= 15 is 0 Å². The maximum absolute atomic E-state index is 12.8. The van der Waals surface area contributed by atoms with Gasteiger partial charge in [-0.15, -0.1) is 11.8 Å². The van der Waals surface area contributed by atoms with Crippen LogP contribution in [0.5, 0.6) is 11.5 Å². The second kappa shape index (κ2) is 14.4. The van der Waals surface area contributed by atoms with E-state index in [4.69, 9.17) is 9.47 Å². The highest BCUT2D eigenvalue weighted by atomic mass is 32.2. The molecule has 200 valence electrons. The zero-order chi connectivity index (χ0) is 25.9. The predicted octanol–water partition coefficient (Wildman–Crippen LogP) is 5.53. The number of carbonyl (C=O) groups is 2. The molecule has 1 saturated heterocycles. The van der Waals surface area contributed by atoms with Gasteiger partial charge in [0, 0.05) is 41.6 Å². The SMILES string of the molecule is COc1ccc(C(=O)CCCCCCC(=O)NC(Cc2ccc3c(c2)SCCO3)CN2CCCC2)cc1. The number of nitrogens with one attached hydrogen (secondary N) is 1. The summed E-state index contributed by atoms with van der Waals surface area (Å²) in [6, 6.07) is 13.8. The van der Waals surface area contributed by atoms with Gasteiger partial charge in [-0.1, -0.05) is 18.9 Å². The van der Waals surface area contributed by atoms with Crippen LogP contribution in [0.2, 0.25) is 0 Å². The van der Waals surface area contributed by atoms with Gasteiger partial charge >= 0.3 is 0 Å². The second-order valence-electron chi connectivity index (χ2n) is 10.0. The number of ether oxygens (including phenoxy) is 2. The van der Waals surface area contributed by atoms with E-state index < -0.39 is 0 Å². The second-order valence-corrected chi connectivity index (χ2v) is 11.2. The van der Waals surface area contributed by atoms with Gasteiger partial charge < -0.3 is 19.7 Å². The first-order valence-corrected chi connectivity index (χ1v) is 14.7. The van der Waals surface area contributed by atoms with Gasteiger partial charge in [-0.05, 0) is 87.2 Å². The van der Waals surface area contributed by atoms with Gasteiger partial charge in [0.25, 0.3) is 0 Å². The van der Waals surface area contributed by atoms with Gasteiger partial charge in [-0.25, -0.2) is 0 Å². The lowest BCUT2D eigenvalue weighted by Gasteiger charge is -2.25. The lowest BCUT2D eigenvalue weighted by atomic mass is 10.0. The van der Waals surface area contributed by atoms with Crippen molar-refractivity contribution in [2.45, 2.75) is 68.7 Å². The van der Waals surface area contributed by atoms with Gasteiger partial charge in [0.05, 0.1) is 13.7 Å². The van der Waals surface area contributed by atoms with Crippen molar-refractivity contribution in [3.63, 3.8) is 0 Å². The van der Waals surface area contributed by atoms with E-state index in [9.17, 15) is 9.59 Å². The number of likely N-dealkylation sites (tertiary alicyclic amines) is 1. The first-order valence-electron chi connectivity index (χ1n) is 13.7. The number of Topliss-reactive ketones (excluding diaryl/α,β-unsaturated/α-hetero) is 1. The number of hydrogen-bond acceptors (Lipinski definition) is 6. The fraction of sp³-hybridized carbons (Fsp3) is 0.533. The number of methoxy groups -OCH3 is 1. The highest BCUT2D eigenvalue weighted by Gasteiger charge is 2.21. The van der Waals surface area contributed by atoms with Crippen molar-refractivity contribution in [1.82, 2.24) is 10.2 Å². The number of rotatable bonds is 14. The van der Waals surface area contributed by atoms with Crippen LogP contribution in [-0.4, -0.2) is 61.7 Å². The monoisotopic (exact) mass is 524 g/mol. The van der Waals surface area contributed by atoms with Crippen molar-refractivity contribution >= 4 is 23.5 Å². The van der Waals surface area contributed by atoms with Crippen molar-refractivity contribution in [2.75, 3.05) is 39.1 Å². The molecule has 0 aromatic heterocycles. The Morgan fingerprint density at radius 3 is 2.54 bits per heavy atom. The molecule has 0 bridgehead atoms. The molecule has 6 nitrogen and oxygen atoms in total. The van der Waals surface area contributed by atoms with Crippen LogP contribution in [0.1, 0.15) is 67.3 Å². The molecule has 2 aliphatic heterocycles. The van der Waals surface area contributed by atoms with Crippen molar-refractivity contribution in [3.8, 4) is 11.5 Å². The third-order valence-electron chi connectivity index (χ3n) is 7.10. The fourth-order valence-corrected chi connectivity index (χ4v) is 5.97. The highest BCUT2D eigenvalue weighted by Crippen LogP contribution is 2.34. The first kappa shape index (κ1) is 27.5. The molecular formula is C30H40N2O4S. The molecule has 0 saturated carbocycles. The first-order chi connectivity index (χ1) is 18.1. The van der Waals surface area contributed by atoms with E-state index in [1.165, 1.54) is 23.3 Å². The average molecular weight is 525 g/mol. The van der Waals surface area contributed by atoms with Gasteiger partial charge in [0.2, 0.25) is 5.91 Å². The van der Waals surface area contributed by atoms with Crippen LogP contribution in [0.25, 0.3) is 0 Å². The molecule has 2 aliphatic rings. The molecule has 4 rings (SSSR count). The maximum atomic E-state index is 12.8.